The van der Waals surface area contributed by atoms with Crippen LogP contribution < -0.4 is 4.74 Å². The molecule has 0 amide bonds. The molecule has 2 rings (SSSR count). The molecule has 2 atom stereocenters. The summed E-state index contributed by atoms with van der Waals surface area (Å²) in [5.74, 6) is -16.6. The van der Waals surface area contributed by atoms with Gasteiger partial charge >= 0.3 is 11.9 Å². The summed E-state index contributed by atoms with van der Waals surface area (Å²) in [6.07, 6.45) is 1.11. The number of rotatable bonds is 4. The zero-order valence-corrected chi connectivity index (χ0v) is 11.6. The fourth-order valence-corrected chi connectivity index (χ4v) is 2.17. The number of carbonyl (C=O) groups is 2. The maximum Gasteiger partial charge on any atom is 0.329 e. The maximum atomic E-state index is 13.5. The zero-order chi connectivity index (χ0) is 17.5. The van der Waals surface area contributed by atoms with Gasteiger partial charge in [0.1, 0.15) is 0 Å². The first-order valence-electron chi connectivity index (χ1n) is 6.17. The number of esters is 2. The maximum absolute atomic E-state index is 13.5. The van der Waals surface area contributed by atoms with Crippen LogP contribution in [0.2, 0.25) is 0 Å². The lowest BCUT2D eigenvalue weighted by molar-refractivity contribution is -0.158. The van der Waals surface area contributed by atoms with E-state index in [0.29, 0.717) is 0 Å². The quantitative estimate of drug-likeness (QED) is 0.161. The third-order valence-electron chi connectivity index (χ3n) is 3.58. The van der Waals surface area contributed by atoms with E-state index in [2.05, 4.69) is 16.1 Å². The Balaban J connectivity index is 2.42. The number of benzene rings is 1. The Morgan fingerprint density at radius 3 is 1.91 bits per heavy atom. The summed E-state index contributed by atoms with van der Waals surface area (Å²) < 4.78 is 74.8. The van der Waals surface area contributed by atoms with Gasteiger partial charge in [0.15, 0.2) is 5.41 Å². The Bertz CT molecular complexity index is 689. The van der Waals surface area contributed by atoms with Gasteiger partial charge < -0.3 is 9.47 Å². The molecule has 0 aromatic heterocycles. The largest absolute Gasteiger partial charge is 0.468 e. The van der Waals surface area contributed by atoms with Gasteiger partial charge in [-0.05, 0) is 6.42 Å². The van der Waals surface area contributed by atoms with Crippen molar-refractivity contribution in [2.75, 3.05) is 7.11 Å². The van der Waals surface area contributed by atoms with Crippen molar-refractivity contribution in [1.29, 1.82) is 0 Å². The number of hydrogen-bond acceptors (Lipinski definition) is 4. The Labute approximate surface area is 126 Å². The molecule has 2 unspecified atom stereocenters. The number of halogens is 5. The first-order valence-corrected chi connectivity index (χ1v) is 6.17. The summed E-state index contributed by atoms with van der Waals surface area (Å²) in [5.41, 5.74) is -1.91. The Morgan fingerprint density at radius 2 is 1.52 bits per heavy atom. The highest BCUT2D eigenvalue weighted by molar-refractivity contribution is 6.05. The van der Waals surface area contributed by atoms with Crippen molar-refractivity contribution < 1.29 is 41.0 Å². The van der Waals surface area contributed by atoms with Gasteiger partial charge in [-0.15, -0.1) is 6.58 Å². The summed E-state index contributed by atoms with van der Waals surface area (Å²) in [7, 11) is 0.966. The molecule has 0 bridgehead atoms. The van der Waals surface area contributed by atoms with E-state index in [9.17, 15) is 31.5 Å². The minimum absolute atomic E-state index is 0.114. The van der Waals surface area contributed by atoms with Crippen LogP contribution in [0.5, 0.6) is 5.75 Å². The van der Waals surface area contributed by atoms with Crippen molar-refractivity contribution in [1.82, 2.24) is 0 Å². The third kappa shape index (κ3) is 2.36. The highest BCUT2D eigenvalue weighted by atomic mass is 19.2. The molecule has 0 saturated heterocycles. The van der Waals surface area contributed by atoms with Crippen molar-refractivity contribution >= 4 is 11.9 Å². The predicted molar refractivity (Wildman–Crippen MR) is 64.6 cm³/mol. The standard InChI is InChI=1S/C14H9F5O4/c1-3-5-4-14(5,12(20)22-2)13(21)23-11-9(18)7(16)6(15)8(17)10(11)19/h3,5H,1,4H2,2H3. The summed E-state index contributed by atoms with van der Waals surface area (Å²) in [4.78, 5) is 23.7. The van der Waals surface area contributed by atoms with Crippen LogP contribution in [0.4, 0.5) is 22.0 Å². The molecule has 1 fully saturated rings. The molecular weight excluding hydrogens is 327 g/mol. The van der Waals surface area contributed by atoms with Gasteiger partial charge in [0.2, 0.25) is 34.8 Å². The van der Waals surface area contributed by atoms with Gasteiger partial charge in [-0.3, -0.25) is 9.59 Å². The van der Waals surface area contributed by atoms with Crippen LogP contribution in [0, 0.1) is 40.4 Å². The van der Waals surface area contributed by atoms with Crippen LogP contribution in [-0.2, 0) is 14.3 Å². The molecule has 0 spiro atoms. The Morgan fingerprint density at radius 1 is 1.04 bits per heavy atom. The summed E-state index contributed by atoms with van der Waals surface area (Å²) in [6.45, 7) is 3.37. The van der Waals surface area contributed by atoms with E-state index in [1.165, 1.54) is 6.08 Å². The number of allylic oxidation sites excluding steroid dienone is 1. The molecule has 0 heterocycles. The van der Waals surface area contributed by atoms with E-state index in [1.54, 1.807) is 0 Å². The Kier molecular flexibility index (Phi) is 4.14. The monoisotopic (exact) mass is 336 g/mol. The topological polar surface area (TPSA) is 52.6 Å². The van der Waals surface area contributed by atoms with Crippen LogP contribution in [0.15, 0.2) is 12.7 Å². The minimum atomic E-state index is -2.39. The summed E-state index contributed by atoms with van der Waals surface area (Å²) in [6, 6.07) is 0. The van der Waals surface area contributed by atoms with Crippen LogP contribution in [0.25, 0.3) is 0 Å². The van der Waals surface area contributed by atoms with Crippen molar-refractivity contribution in [2.45, 2.75) is 6.42 Å². The molecule has 9 heteroatoms. The molecular formula is C14H9F5O4. The van der Waals surface area contributed by atoms with E-state index in [-0.39, 0.29) is 6.42 Å². The first kappa shape index (κ1) is 16.9. The van der Waals surface area contributed by atoms with Crippen LogP contribution in [-0.4, -0.2) is 19.0 Å². The first-order chi connectivity index (χ1) is 10.7. The smallest absolute Gasteiger partial charge is 0.329 e. The zero-order valence-electron chi connectivity index (χ0n) is 11.6. The molecule has 1 saturated carbocycles. The average molecular weight is 336 g/mol. The molecule has 0 N–H and O–H groups in total. The molecule has 0 aliphatic heterocycles. The van der Waals surface area contributed by atoms with E-state index in [0.717, 1.165) is 7.11 Å². The summed E-state index contributed by atoms with van der Waals surface area (Å²) in [5, 5.41) is 0. The van der Waals surface area contributed by atoms with Gasteiger partial charge in [-0.2, -0.15) is 8.78 Å². The second-order valence-electron chi connectivity index (χ2n) is 4.80. The molecule has 1 aliphatic rings. The van der Waals surface area contributed by atoms with E-state index in [4.69, 9.17) is 0 Å². The fourth-order valence-electron chi connectivity index (χ4n) is 2.17. The minimum Gasteiger partial charge on any atom is -0.468 e. The lowest BCUT2D eigenvalue weighted by Gasteiger charge is -2.14. The SMILES string of the molecule is C=CC1CC1(C(=O)OC)C(=O)Oc1c(F)c(F)c(F)c(F)c1F. The van der Waals surface area contributed by atoms with Gasteiger partial charge in [-0.1, -0.05) is 6.08 Å². The molecule has 124 valence electrons. The van der Waals surface area contributed by atoms with E-state index in [1.807, 2.05) is 0 Å². The lowest BCUT2D eigenvalue weighted by atomic mass is 10.0. The molecule has 23 heavy (non-hydrogen) atoms. The van der Waals surface area contributed by atoms with Crippen molar-refractivity contribution in [2.24, 2.45) is 11.3 Å². The van der Waals surface area contributed by atoms with Gasteiger partial charge in [0.25, 0.3) is 0 Å². The van der Waals surface area contributed by atoms with Gasteiger partial charge in [-0.25, -0.2) is 13.2 Å². The van der Waals surface area contributed by atoms with E-state index >= 15 is 0 Å². The van der Waals surface area contributed by atoms with Gasteiger partial charge in [0, 0.05) is 5.92 Å². The second-order valence-corrected chi connectivity index (χ2v) is 4.80. The van der Waals surface area contributed by atoms with Crippen molar-refractivity contribution in [3.63, 3.8) is 0 Å². The van der Waals surface area contributed by atoms with Crippen LogP contribution in [0.1, 0.15) is 6.42 Å². The van der Waals surface area contributed by atoms with E-state index < -0.39 is 58.1 Å². The molecule has 1 aromatic rings. The van der Waals surface area contributed by atoms with Crippen LogP contribution in [0.3, 0.4) is 0 Å². The number of methoxy groups -OCH3 is 1. The fraction of sp³-hybridized carbons (Fsp3) is 0.286. The molecule has 0 radical (unpaired) electrons. The summed E-state index contributed by atoms with van der Waals surface area (Å²) >= 11 is 0. The molecule has 4 nitrogen and oxygen atoms in total. The second kappa shape index (κ2) is 5.64. The Hall–Kier alpha value is -2.45. The highest BCUT2D eigenvalue weighted by Gasteiger charge is 2.67. The van der Waals surface area contributed by atoms with Crippen molar-refractivity contribution in [3.8, 4) is 5.75 Å². The number of carbonyl (C=O) groups excluding carboxylic acids is 2. The normalized spacial score (nSPS) is 22.4. The lowest BCUT2D eigenvalue weighted by Crippen LogP contribution is -2.33. The predicted octanol–water partition coefficient (Wildman–Crippen LogP) is 2.65. The van der Waals surface area contributed by atoms with Gasteiger partial charge in [0.05, 0.1) is 7.11 Å². The molecule has 1 aliphatic carbocycles. The highest BCUT2D eigenvalue weighted by Crippen LogP contribution is 2.55. The molecule has 1 aromatic carbocycles. The number of ether oxygens (including phenoxy) is 2. The average Bonchev–Trinajstić information content (AvgIpc) is 3.30. The number of hydrogen-bond donors (Lipinski definition) is 0. The van der Waals surface area contributed by atoms with Crippen LogP contribution >= 0.6 is 0 Å². The van der Waals surface area contributed by atoms with Crippen molar-refractivity contribution in [3.05, 3.63) is 41.7 Å². The third-order valence-corrected chi connectivity index (χ3v) is 3.58.